The summed E-state index contributed by atoms with van der Waals surface area (Å²) in [5.41, 5.74) is 2.44. The van der Waals surface area contributed by atoms with Gasteiger partial charge in [0.15, 0.2) is 6.54 Å². The lowest BCUT2D eigenvalue weighted by molar-refractivity contribution is -0.892. The minimum Gasteiger partial charge on any atom is -0.508 e. The molecule has 1 saturated heterocycles. The number of carbonyl (C=O) groups is 1. The number of anilines is 1. The van der Waals surface area contributed by atoms with Gasteiger partial charge in [-0.05, 0) is 49.6 Å². The maximum Gasteiger partial charge on any atom is 0.275 e. The number of nitrogens with one attached hydrogen (secondary N) is 2. The molecule has 0 bridgehead atoms. The maximum atomic E-state index is 12.3. The topological polar surface area (TPSA) is 57.0 Å². The number of hydrogen-bond donors (Lipinski definition) is 3. The number of aromatic hydroxyl groups is 1. The molecule has 1 atom stereocenters. The molecule has 5 heteroatoms. The molecule has 3 rings (SSSR count). The Morgan fingerprint density at radius 3 is 2.44 bits per heavy atom. The van der Waals surface area contributed by atoms with Crippen molar-refractivity contribution < 1.29 is 14.8 Å². The summed E-state index contributed by atoms with van der Waals surface area (Å²) in [7, 11) is 0. The van der Waals surface area contributed by atoms with Crippen LogP contribution in [0.2, 0.25) is 0 Å². The molecular weight excluding hydrogens is 338 g/mol. The van der Waals surface area contributed by atoms with Crippen LogP contribution in [0, 0.1) is 0 Å². The van der Waals surface area contributed by atoms with E-state index >= 15 is 0 Å². The number of rotatable bonds is 7. The van der Waals surface area contributed by atoms with Gasteiger partial charge in [0.05, 0.1) is 26.2 Å². The Hall–Kier alpha value is -2.53. The van der Waals surface area contributed by atoms with Gasteiger partial charge >= 0.3 is 0 Å². The molecule has 0 saturated carbocycles. The van der Waals surface area contributed by atoms with Crippen LogP contribution in [0.4, 0.5) is 5.69 Å². The first-order valence-corrected chi connectivity index (χ1v) is 9.81. The minimum absolute atomic E-state index is 0.142. The summed E-state index contributed by atoms with van der Waals surface area (Å²) < 4.78 is 0. The lowest BCUT2D eigenvalue weighted by Crippen LogP contribution is -3.16. The lowest BCUT2D eigenvalue weighted by atomic mass is 10.1. The number of hydrogen-bond acceptors (Lipinski definition) is 3. The molecule has 27 heavy (non-hydrogen) atoms. The number of quaternary nitrogens is 1. The van der Waals surface area contributed by atoms with Crippen LogP contribution in [0.3, 0.4) is 0 Å². The first-order valence-electron chi connectivity index (χ1n) is 9.81. The van der Waals surface area contributed by atoms with Crippen LogP contribution in [0.25, 0.3) is 0 Å². The lowest BCUT2D eigenvalue weighted by Gasteiger charge is -2.33. The van der Waals surface area contributed by atoms with Crippen molar-refractivity contribution in [2.45, 2.75) is 25.8 Å². The molecule has 1 aliphatic rings. The fraction of sp³-hybridized carbons (Fsp3) is 0.409. The molecular formula is C22H30N3O2+. The first-order chi connectivity index (χ1) is 13.1. The molecule has 144 valence electrons. The summed E-state index contributed by atoms with van der Waals surface area (Å²) in [5.74, 6) is 0.435. The van der Waals surface area contributed by atoms with Crippen molar-refractivity contribution in [2.24, 2.45) is 0 Å². The van der Waals surface area contributed by atoms with E-state index in [2.05, 4.69) is 41.4 Å². The van der Waals surface area contributed by atoms with Crippen molar-refractivity contribution in [3.8, 4) is 5.75 Å². The third kappa shape index (κ3) is 6.00. The summed E-state index contributed by atoms with van der Waals surface area (Å²) in [6.45, 7) is 6.38. The normalized spacial score (nSPS) is 16.1. The van der Waals surface area contributed by atoms with Crippen molar-refractivity contribution in [2.75, 3.05) is 37.6 Å². The molecule has 2 aromatic rings. The molecule has 0 aromatic heterocycles. The second-order valence-electron chi connectivity index (χ2n) is 7.42. The van der Waals surface area contributed by atoms with Crippen molar-refractivity contribution >= 4 is 11.6 Å². The van der Waals surface area contributed by atoms with E-state index in [1.165, 1.54) is 10.5 Å². The van der Waals surface area contributed by atoms with Gasteiger partial charge < -0.3 is 20.2 Å². The number of carbonyl (C=O) groups excluding carboxylic acids is 1. The Labute approximate surface area is 161 Å². The predicted octanol–water partition coefficient (Wildman–Crippen LogP) is 1.23. The van der Waals surface area contributed by atoms with Crippen LogP contribution in [-0.4, -0.2) is 49.8 Å². The number of phenols is 1. The molecule has 1 aliphatic heterocycles. The highest BCUT2D eigenvalue weighted by atomic mass is 16.3. The van der Waals surface area contributed by atoms with Crippen LogP contribution < -0.4 is 15.1 Å². The maximum absolute atomic E-state index is 12.3. The van der Waals surface area contributed by atoms with Gasteiger partial charge in [-0.2, -0.15) is 0 Å². The van der Waals surface area contributed by atoms with Crippen LogP contribution in [-0.2, 0) is 11.2 Å². The van der Waals surface area contributed by atoms with Crippen molar-refractivity contribution in [3.63, 3.8) is 0 Å². The van der Waals surface area contributed by atoms with E-state index in [-0.39, 0.29) is 11.9 Å². The molecule has 0 spiro atoms. The minimum atomic E-state index is 0.142. The van der Waals surface area contributed by atoms with E-state index in [4.69, 9.17) is 0 Å². The average Bonchev–Trinajstić information content (AvgIpc) is 2.68. The van der Waals surface area contributed by atoms with Crippen LogP contribution in [0.1, 0.15) is 18.9 Å². The summed E-state index contributed by atoms with van der Waals surface area (Å²) in [4.78, 5) is 16.0. The Kier molecular flexibility index (Phi) is 6.71. The van der Waals surface area contributed by atoms with E-state index in [1.54, 1.807) is 12.1 Å². The van der Waals surface area contributed by atoms with Gasteiger partial charge in [-0.25, -0.2) is 0 Å². The second-order valence-corrected chi connectivity index (χ2v) is 7.42. The van der Waals surface area contributed by atoms with Crippen molar-refractivity contribution in [1.29, 1.82) is 0 Å². The monoisotopic (exact) mass is 368 g/mol. The Morgan fingerprint density at radius 1 is 1.11 bits per heavy atom. The molecule has 5 nitrogen and oxygen atoms in total. The van der Waals surface area contributed by atoms with Crippen molar-refractivity contribution in [1.82, 2.24) is 5.32 Å². The summed E-state index contributed by atoms with van der Waals surface area (Å²) in [5, 5.41) is 12.5. The Bertz CT molecular complexity index is 710. The molecule has 1 fully saturated rings. The highest BCUT2D eigenvalue weighted by Crippen LogP contribution is 2.18. The number of amides is 1. The summed E-state index contributed by atoms with van der Waals surface area (Å²) in [6, 6.07) is 17.9. The first kappa shape index (κ1) is 19.2. The number of aryl methyl sites for hydroxylation is 1. The molecule has 0 aliphatic carbocycles. The zero-order valence-electron chi connectivity index (χ0n) is 16.0. The largest absolute Gasteiger partial charge is 0.508 e. The van der Waals surface area contributed by atoms with Crippen molar-refractivity contribution in [3.05, 3.63) is 60.2 Å². The van der Waals surface area contributed by atoms with Gasteiger partial charge in [0, 0.05) is 11.7 Å². The number of benzene rings is 2. The zero-order chi connectivity index (χ0) is 19.1. The van der Waals surface area contributed by atoms with E-state index < -0.39 is 0 Å². The Balaban J connectivity index is 1.37. The smallest absolute Gasteiger partial charge is 0.275 e. The fourth-order valence-corrected chi connectivity index (χ4v) is 3.57. The fourth-order valence-electron chi connectivity index (χ4n) is 3.57. The highest BCUT2D eigenvalue weighted by molar-refractivity contribution is 5.77. The predicted molar refractivity (Wildman–Crippen MR) is 108 cm³/mol. The van der Waals surface area contributed by atoms with Gasteiger partial charge in [-0.3, -0.25) is 4.79 Å². The highest BCUT2D eigenvalue weighted by Gasteiger charge is 2.22. The molecule has 2 aromatic carbocycles. The second kappa shape index (κ2) is 9.42. The summed E-state index contributed by atoms with van der Waals surface area (Å²) >= 11 is 0. The van der Waals surface area contributed by atoms with Gasteiger partial charge in [-0.15, -0.1) is 0 Å². The zero-order valence-corrected chi connectivity index (χ0v) is 16.0. The van der Waals surface area contributed by atoms with Gasteiger partial charge in [0.2, 0.25) is 0 Å². The number of phenolic OH excluding ortho intramolecular Hbond substituents is 1. The third-order valence-electron chi connectivity index (χ3n) is 5.21. The van der Waals surface area contributed by atoms with Crippen LogP contribution in [0.5, 0.6) is 5.75 Å². The third-order valence-corrected chi connectivity index (χ3v) is 5.21. The Morgan fingerprint density at radius 2 is 1.78 bits per heavy atom. The van der Waals surface area contributed by atoms with E-state index in [0.717, 1.165) is 44.7 Å². The number of nitrogens with zero attached hydrogens (tertiary/aromatic N) is 1. The molecule has 3 N–H and O–H groups in total. The molecule has 0 unspecified atom stereocenters. The number of piperazine rings is 1. The van der Waals surface area contributed by atoms with E-state index in [9.17, 15) is 9.90 Å². The SMILES string of the molecule is C[C@@H](CCc1ccccc1)NC(=O)C[NH+]1CCN(c2ccc(O)cc2)CC1. The standard InChI is InChI=1S/C22H29N3O2/c1-18(7-8-19-5-3-2-4-6-19)23-22(27)17-24-13-15-25(16-14-24)20-9-11-21(26)12-10-20/h2-6,9-12,18,26H,7-8,13-17H2,1H3,(H,23,27)/p+1/t18-/m0/s1. The van der Waals surface area contributed by atoms with Gasteiger partial charge in [0.1, 0.15) is 5.75 Å². The molecule has 0 radical (unpaired) electrons. The van der Waals surface area contributed by atoms with Crippen LogP contribution >= 0.6 is 0 Å². The van der Waals surface area contributed by atoms with E-state index in [0.29, 0.717) is 12.3 Å². The van der Waals surface area contributed by atoms with Crippen LogP contribution in [0.15, 0.2) is 54.6 Å². The quantitative estimate of drug-likeness (QED) is 0.689. The molecule has 1 heterocycles. The van der Waals surface area contributed by atoms with E-state index in [1.807, 2.05) is 18.2 Å². The molecule has 1 amide bonds. The summed E-state index contributed by atoms with van der Waals surface area (Å²) in [6.07, 6.45) is 1.94. The van der Waals surface area contributed by atoms with Gasteiger partial charge in [-0.1, -0.05) is 30.3 Å². The average molecular weight is 369 g/mol. The van der Waals surface area contributed by atoms with Gasteiger partial charge in [0.25, 0.3) is 5.91 Å².